The lowest BCUT2D eigenvalue weighted by atomic mass is 10.2. The van der Waals surface area contributed by atoms with E-state index in [1.54, 1.807) is 18.9 Å². The van der Waals surface area contributed by atoms with E-state index in [9.17, 15) is 0 Å². The number of ether oxygens (including phenoxy) is 1. The number of benzene rings is 3. The molecule has 160 valence electrons. The van der Waals surface area contributed by atoms with Crippen LogP contribution in [0.25, 0.3) is 22.6 Å². The van der Waals surface area contributed by atoms with Gasteiger partial charge in [-0.2, -0.15) is 0 Å². The third kappa shape index (κ3) is 4.31. The molecule has 7 heteroatoms. The Bertz CT molecular complexity index is 1330. The number of hydrogen-bond acceptors (Lipinski definition) is 5. The first-order valence-corrected chi connectivity index (χ1v) is 11.9. The number of hydrogen-bond donors (Lipinski definition) is 0. The van der Waals surface area contributed by atoms with Crippen molar-refractivity contribution in [2.24, 2.45) is 0 Å². The minimum Gasteiger partial charge on any atom is -0.496 e. The number of furan rings is 1. The smallest absolute Gasteiger partial charge is 0.200 e. The van der Waals surface area contributed by atoms with Gasteiger partial charge in [0.1, 0.15) is 11.3 Å². The zero-order chi connectivity index (χ0) is 21.9. The standard InChI is InChI=1S/C25H20BrN3O2S/c1-30-22-12-11-18(13-20(22)26)16-32-25-28-27-24(29(25)15-17-7-3-2-4-8-17)23-14-19-9-5-6-10-21(19)31-23/h2-14H,15-16H2,1H3. The Morgan fingerprint density at radius 1 is 0.938 bits per heavy atom. The van der Waals surface area contributed by atoms with E-state index in [0.717, 1.165) is 37.9 Å². The largest absolute Gasteiger partial charge is 0.496 e. The van der Waals surface area contributed by atoms with Crippen molar-refractivity contribution >= 4 is 38.7 Å². The topological polar surface area (TPSA) is 53.1 Å². The molecule has 3 aromatic carbocycles. The summed E-state index contributed by atoms with van der Waals surface area (Å²) in [4.78, 5) is 0. The van der Waals surface area contributed by atoms with Crippen molar-refractivity contribution in [3.8, 4) is 17.3 Å². The first kappa shape index (κ1) is 20.8. The summed E-state index contributed by atoms with van der Waals surface area (Å²) in [7, 11) is 1.67. The van der Waals surface area contributed by atoms with E-state index in [0.29, 0.717) is 12.3 Å². The van der Waals surface area contributed by atoms with Crippen molar-refractivity contribution in [2.75, 3.05) is 7.11 Å². The van der Waals surface area contributed by atoms with E-state index in [2.05, 4.69) is 55.0 Å². The van der Waals surface area contributed by atoms with Gasteiger partial charge in [-0.25, -0.2) is 0 Å². The van der Waals surface area contributed by atoms with Crippen LogP contribution in [0.1, 0.15) is 11.1 Å². The fourth-order valence-electron chi connectivity index (χ4n) is 3.53. The first-order valence-electron chi connectivity index (χ1n) is 10.1. The molecule has 0 N–H and O–H groups in total. The molecule has 0 bridgehead atoms. The van der Waals surface area contributed by atoms with Crippen LogP contribution in [0.2, 0.25) is 0 Å². The van der Waals surface area contributed by atoms with Crippen LogP contribution in [0.4, 0.5) is 0 Å². The lowest BCUT2D eigenvalue weighted by Gasteiger charge is -2.10. The normalized spacial score (nSPS) is 11.2. The summed E-state index contributed by atoms with van der Waals surface area (Å²) in [6, 6.07) is 26.4. The summed E-state index contributed by atoms with van der Waals surface area (Å²) in [5, 5.41) is 10.9. The molecule has 5 rings (SSSR count). The molecule has 0 atom stereocenters. The predicted molar refractivity (Wildman–Crippen MR) is 131 cm³/mol. The highest BCUT2D eigenvalue weighted by Gasteiger charge is 2.18. The van der Waals surface area contributed by atoms with E-state index < -0.39 is 0 Å². The monoisotopic (exact) mass is 505 g/mol. The number of para-hydroxylation sites is 1. The molecule has 2 aromatic heterocycles. The van der Waals surface area contributed by atoms with Crippen molar-refractivity contribution in [3.05, 3.63) is 94.5 Å². The number of nitrogens with zero attached hydrogens (tertiary/aromatic N) is 3. The second kappa shape index (κ2) is 9.22. The summed E-state index contributed by atoms with van der Waals surface area (Å²) in [6.45, 7) is 0.662. The summed E-state index contributed by atoms with van der Waals surface area (Å²) in [5.74, 6) is 3.02. The van der Waals surface area contributed by atoms with Gasteiger partial charge in [0.2, 0.25) is 5.82 Å². The zero-order valence-electron chi connectivity index (χ0n) is 17.4. The molecule has 5 nitrogen and oxygen atoms in total. The van der Waals surface area contributed by atoms with Crippen LogP contribution in [0.5, 0.6) is 5.75 Å². The summed E-state index contributed by atoms with van der Waals surface area (Å²) >= 11 is 5.21. The van der Waals surface area contributed by atoms with Gasteiger partial charge in [0.05, 0.1) is 18.1 Å². The highest BCUT2D eigenvalue weighted by molar-refractivity contribution is 9.10. The molecule has 5 aromatic rings. The van der Waals surface area contributed by atoms with Gasteiger partial charge in [0, 0.05) is 11.1 Å². The lowest BCUT2D eigenvalue weighted by Crippen LogP contribution is -2.04. The van der Waals surface area contributed by atoms with Gasteiger partial charge >= 0.3 is 0 Å². The van der Waals surface area contributed by atoms with Crippen molar-refractivity contribution in [3.63, 3.8) is 0 Å². The molecular weight excluding hydrogens is 486 g/mol. The van der Waals surface area contributed by atoms with Crippen LogP contribution in [0, 0.1) is 0 Å². The van der Waals surface area contributed by atoms with Gasteiger partial charge in [0.15, 0.2) is 10.9 Å². The van der Waals surface area contributed by atoms with Gasteiger partial charge in [-0.3, -0.25) is 4.57 Å². The molecule has 2 heterocycles. The second-order valence-corrected chi connectivity index (χ2v) is 9.08. The van der Waals surface area contributed by atoms with E-state index in [-0.39, 0.29) is 0 Å². The molecule has 32 heavy (non-hydrogen) atoms. The minimum absolute atomic E-state index is 0.662. The maximum atomic E-state index is 6.10. The average molecular weight is 506 g/mol. The predicted octanol–water partition coefficient (Wildman–Crippen LogP) is 6.80. The number of halogens is 1. The summed E-state index contributed by atoms with van der Waals surface area (Å²) < 4.78 is 14.5. The van der Waals surface area contributed by atoms with E-state index in [4.69, 9.17) is 9.15 Å². The fraction of sp³-hybridized carbons (Fsp3) is 0.120. The molecule has 0 radical (unpaired) electrons. The Morgan fingerprint density at radius 2 is 1.75 bits per heavy atom. The van der Waals surface area contributed by atoms with Crippen LogP contribution in [0.3, 0.4) is 0 Å². The highest BCUT2D eigenvalue weighted by atomic mass is 79.9. The number of fused-ring (bicyclic) bond motifs is 1. The molecule has 0 amide bonds. The van der Waals surface area contributed by atoms with Gasteiger partial charge in [-0.05, 0) is 51.3 Å². The number of aromatic nitrogens is 3. The Hall–Kier alpha value is -3.03. The highest BCUT2D eigenvalue weighted by Crippen LogP contribution is 2.32. The molecule has 0 unspecified atom stereocenters. The molecule has 0 saturated heterocycles. The van der Waals surface area contributed by atoms with Gasteiger partial charge in [-0.1, -0.05) is 66.4 Å². The van der Waals surface area contributed by atoms with Crippen molar-refractivity contribution in [2.45, 2.75) is 17.5 Å². The Kier molecular flexibility index (Phi) is 6.01. The third-order valence-electron chi connectivity index (χ3n) is 5.13. The van der Waals surface area contributed by atoms with Crippen LogP contribution in [-0.2, 0) is 12.3 Å². The van der Waals surface area contributed by atoms with Crippen molar-refractivity contribution in [1.29, 1.82) is 0 Å². The van der Waals surface area contributed by atoms with Crippen molar-refractivity contribution in [1.82, 2.24) is 14.8 Å². The molecule has 0 saturated carbocycles. The van der Waals surface area contributed by atoms with E-state index in [1.165, 1.54) is 11.1 Å². The SMILES string of the molecule is COc1ccc(CSc2nnc(-c3cc4ccccc4o3)n2Cc2ccccc2)cc1Br. The molecule has 0 fully saturated rings. The minimum atomic E-state index is 0.662. The van der Waals surface area contributed by atoms with Crippen LogP contribution in [-0.4, -0.2) is 21.9 Å². The van der Waals surface area contributed by atoms with E-state index in [1.807, 2.05) is 54.6 Å². The van der Waals surface area contributed by atoms with Crippen LogP contribution >= 0.6 is 27.7 Å². The molecule has 0 aliphatic rings. The lowest BCUT2D eigenvalue weighted by molar-refractivity contribution is 0.412. The quantitative estimate of drug-likeness (QED) is 0.227. The van der Waals surface area contributed by atoms with Crippen molar-refractivity contribution < 1.29 is 9.15 Å². The third-order valence-corrected chi connectivity index (χ3v) is 6.79. The average Bonchev–Trinajstić information content (AvgIpc) is 3.42. The number of rotatable bonds is 7. The molecule has 0 aliphatic heterocycles. The van der Waals surface area contributed by atoms with Gasteiger partial charge in [-0.15, -0.1) is 10.2 Å². The molecule has 0 aliphatic carbocycles. The van der Waals surface area contributed by atoms with Crippen LogP contribution in [0.15, 0.2) is 92.9 Å². The number of thioether (sulfide) groups is 1. The molecular formula is C25H20BrN3O2S. The summed E-state index contributed by atoms with van der Waals surface area (Å²) in [6.07, 6.45) is 0. The van der Waals surface area contributed by atoms with Gasteiger partial charge < -0.3 is 9.15 Å². The fourth-order valence-corrected chi connectivity index (χ4v) is 4.99. The Morgan fingerprint density at radius 3 is 2.53 bits per heavy atom. The first-order chi connectivity index (χ1) is 15.7. The maximum absolute atomic E-state index is 6.10. The van der Waals surface area contributed by atoms with Crippen LogP contribution < -0.4 is 4.74 Å². The Balaban J connectivity index is 1.48. The van der Waals surface area contributed by atoms with Gasteiger partial charge in [0.25, 0.3) is 0 Å². The maximum Gasteiger partial charge on any atom is 0.200 e. The summed E-state index contributed by atoms with van der Waals surface area (Å²) in [5.41, 5.74) is 3.19. The van der Waals surface area contributed by atoms with E-state index >= 15 is 0 Å². The number of methoxy groups -OCH3 is 1. The Labute approximate surface area is 198 Å². The second-order valence-electron chi connectivity index (χ2n) is 7.28. The molecule has 0 spiro atoms. The zero-order valence-corrected chi connectivity index (χ0v) is 19.8.